The predicted octanol–water partition coefficient (Wildman–Crippen LogP) is 2.74. The van der Waals surface area contributed by atoms with Crippen molar-refractivity contribution < 1.29 is 30.4 Å². The first-order valence-corrected chi connectivity index (χ1v) is 7.18. The standard InChI is InChI=1S/C11H4ClF5N2O2S/c12-3-1-6(15)10(19-11(3)22(18,20)21)7-4(13)2-5(14)8(16)9(7)17/h1-2H,(H2,18,20,21). The highest BCUT2D eigenvalue weighted by atomic mass is 35.5. The number of halogens is 6. The van der Waals surface area contributed by atoms with Gasteiger partial charge in [0.2, 0.25) is 0 Å². The number of hydrogen-bond donors (Lipinski definition) is 1. The van der Waals surface area contributed by atoms with Crippen molar-refractivity contribution in [3.8, 4) is 11.3 Å². The van der Waals surface area contributed by atoms with Gasteiger partial charge in [0.05, 0.1) is 10.6 Å². The van der Waals surface area contributed by atoms with Gasteiger partial charge in [0, 0.05) is 6.07 Å². The van der Waals surface area contributed by atoms with Crippen molar-refractivity contribution in [2.24, 2.45) is 5.14 Å². The maximum absolute atomic E-state index is 13.8. The number of nitrogens with zero attached hydrogens (tertiary/aromatic N) is 1. The van der Waals surface area contributed by atoms with Crippen LogP contribution in [0.15, 0.2) is 17.2 Å². The molecule has 11 heteroatoms. The number of aromatic nitrogens is 1. The molecule has 1 aromatic heterocycles. The van der Waals surface area contributed by atoms with E-state index >= 15 is 0 Å². The van der Waals surface area contributed by atoms with Crippen LogP contribution in [0.3, 0.4) is 0 Å². The Labute approximate surface area is 125 Å². The van der Waals surface area contributed by atoms with Gasteiger partial charge in [0.15, 0.2) is 28.3 Å². The molecule has 0 radical (unpaired) electrons. The summed E-state index contributed by atoms with van der Waals surface area (Å²) in [6.45, 7) is 0. The third-order valence-corrected chi connectivity index (χ3v) is 3.77. The van der Waals surface area contributed by atoms with Gasteiger partial charge in [-0.25, -0.2) is 40.5 Å². The second-order valence-electron chi connectivity index (χ2n) is 3.99. The molecule has 2 aromatic rings. The van der Waals surface area contributed by atoms with Gasteiger partial charge in [-0.2, -0.15) is 0 Å². The van der Waals surface area contributed by atoms with Crippen LogP contribution in [0.5, 0.6) is 0 Å². The summed E-state index contributed by atoms with van der Waals surface area (Å²) in [5.41, 5.74) is -2.61. The fourth-order valence-corrected chi connectivity index (χ4v) is 2.62. The predicted molar refractivity (Wildman–Crippen MR) is 65.8 cm³/mol. The van der Waals surface area contributed by atoms with E-state index in [0.717, 1.165) is 0 Å². The van der Waals surface area contributed by atoms with Crippen molar-refractivity contribution in [3.63, 3.8) is 0 Å². The van der Waals surface area contributed by atoms with Crippen molar-refractivity contribution >= 4 is 21.6 Å². The van der Waals surface area contributed by atoms with E-state index in [2.05, 4.69) is 4.98 Å². The van der Waals surface area contributed by atoms with Gasteiger partial charge in [-0.05, 0) is 6.07 Å². The lowest BCUT2D eigenvalue weighted by molar-refractivity contribution is 0.436. The number of sulfonamides is 1. The summed E-state index contributed by atoms with van der Waals surface area (Å²) in [5, 5.41) is 2.95. The van der Waals surface area contributed by atoms with Crippen LogP contribution in [-0.4, -0.2) is 13.4 Å². The molecule has 0 aliphatic carbocycles. The van der Waals surface area contributed by atoms with Gasteiger partial charge in [0.1, 0.15) is 11.5 Å². The van der Waals surface area contributed by atoms with Crippen molar-refractivity contribution in [2.45, 2.75) is 5.03 Å². The Hall–Kier alpha value is -1.78. The summed E-state index contributed by atoms with van der Waals surface area (Å²) in [7, 11) is -4.55. The van der Waals surface area contributed by atoms with Crippen molar-refractivity contribution in [2.75, 3.05) is 0 Å². The van der Waals surface area contributed by atoms with Crippen LogP contribution < -0.4 is 5.14 Å². The molecule has 4 nitrogen and oxygen atoms in total. The smallest absolute Gasteiger partial charge is 0.230 e. The fraction of sp³-hybridized carbons (Fsp3) is 0. The third kappa shape index (κ3) is 2.76. The van der Waals surface area contributed by atoms with E-state index < -0.39 is 60.4 Å². The lowest BCUT2D eigenvalue weighted by atomic mass is 10.1. The Bertz CT molecular complexity index is 889. The summed E-state index contributed by atoms with van der Waals surface area (Å²) in [6, 6.07) is 0.337. The average Bonchev–Trinajstić information content (AvgIpc) is 2.37. The van der Waals surface area contributed by atoms with Crippen LogP contribution in [0.2, 0.25) is 5.02 Å². The van der Waals surface area contributed by atoms with Crippen molar-refractivity contribution in [1.82, 2.24) is 4.98 Å². The summed E-state index contributed by atoms with van der Waals surface area (Å²) in [6.07, 6.45) is 0. The maximum Gasteiger partial charge on any atom is 0.257 e. The van der Waals surface area contributed by atoms with E-state index in [9.17, 15) is 30.4 Å². The summed E-state index contributed by atoms with van der Waals surface area (Å²) in [5.74, 6) is -9.15. The minimum absolute atomic E-state index is 0.0416. The molecule has 0 saturated heterocycles. The van der Waals surface area contributed by atoms with E-state index in [0.29, 0.717) is 6.07 Å². The highest BCUT2D eigenvalue weighted by molar-refractivity contribution is 7.89. The van der Waals surface area contributed by atoms with Gasteiger partial charge < -0.3 is 0 Å². The summed E-state index contributed by atoms with van der Waals surface area (Å²) in [4.78, 5) is 3.12. The van der Waals surface area contributed by atoms with Gasteiger partial charge in [-0.15, -0.1) is 0 Å². The van der Waals surface area contributed by atoms with Crippen LogP contribution >= 0.6 is 11.6 Å². The Morgan fingerprint density at radius 2 is 1.55 bits per heavy atom. The van der Waals surface area contributed by atoms with Gasteiger partial charge in [0.25, 0.3) is 10.0 Å². The van der Waals surface area contributed by atoms with E-state index in [4.69, 9.17) is 16.7 Å². The van der Waals surface area contributed by atoms with Gasteiger partial charge in [-0.1, -0.05) is 11.6 Å². The number of nitrogens with two attached hydrogens (primary N) is 1. The Morgan fingerprint density at radius 1 is 0.955 bits per heavy atom. The topological polar surface area (TPSA) is 73.1 Å². The Kier molecular flexibility index (Phi) is 4.11. The molecule has 0 fully saturated rings. The normalized spacial score (nSPS) is 11.8. The van der Waals surface area contributed by atoms with E-state index in [1.165, 1.54) is 0 Å². The van der Waals surface area contributed by atoms with E-state index in [1.807, 2.05) is 0 Å². The van der Waals surface area contributed by atoms with E-state index in [1.54, 1.807) is 0 Å². The summed E-state index contributed by atoms with van der Waals surface area (Å²) >= 11 is 5.43. The second-order valence-corrected chi connectivity index (χ2v) is 5.88. The number of hydrogen-bond acceptors (Lipinski definition) is 3. The maximum atomic E-state index is 13.8. The molecule has 2 N–H and O–H groups in total. The minimum atomic E-state index is -4.55. The number of benzene rings is 1. The van der Waals surface area contributed by atoms with Crippen molar-refractivity contribution in [1.29, 1.82) is 0 Å². The monoisotopic (exact) mass is 358 g/mol. The highest BCUT2D eigenvalue weighted by Crippen LogP contribution is 2.32. The molecule has 1 aromatic carbocycles. The zero-order valence-corrected chi connectivity index (χ0v) is 11.7. The molecule has 1 heterocycles. The number of rotatable bonds is 2. The first-order valence-electron chi connectivity index (χ1n) is 5.26. The Morgan fingerprint density at radius 3 is 2.09 bits per heavy atom. The molecule has 0 atom stereocenters. The molecule has 22 heavy (non-hydrogen) atoms. The molecular weight excluding hydrogens is 355 g/mol. The molecule has 0 spiro atoms. The molecule has 0 aliphatic heterocycles. The lowest BCUT2D eigenvalue weighted by Crippen LogP contribution is -2.16. The van der Waals surface area contributed by atoms with Gasteiger partial charge in [-0.3, -0.25) is 0 Å². The van der Waals surface area contributed by atoms with Crippen LogP contribution in [-0.2, 0) is 10.0 Å². The number of primary sulfonamides is 1. The lowest BCUT2D eigenvalue weighted by Gasteiger charge is -2.09. The Balaban J connectivity index is 2.88. The first kappa shape index (κ1) is 16.6. The van der Waals surface area contributed by atoms with Crippen LogP contribution in [0.4, 0.5) is 22.0 Å². The molecule has 0 bridgehead atoms. The van der Waals surface area contributed by atoms with Crippen LogP contribution in [0.1, 0.15) is 0 Å². The van der Waals surface area contributed by atoms with Crippen LogP contribution in [0.25, 0.3) is 11.3 Å². The largest absolute Gasteiger partial charge is 0.257 e. The first-order chi connectivity index (χ1) is 10.0. The molecule has 0 amide bonds. The zero-order valence-electron chi connectivity index (χ0n) is 10.2. The SMILES string of the molecule is NS(=O)(=O)c1nc(-c2c(F)cc(F)c(F)c2F)c(F)cc1Cl. The van der Waals surface area contributed by atoms with Gasteiger partial charge >= 0.3 is 0 Å². The molecular formula is C11H4ClF5N2O2S. The minimum Gasteiger partial charge on any atom is -0.230 e. The average molecular weight is 359 g/mol. The van der Waals surface area contributed by atoms with Crippen LogP contribution in [0, 0.1) is 29.1 Å². The second kappa shape index (κ2) is 5.45. The number of pyridine rings is 1. The molecule has 0 saturated carbocycles. The van der Waals surface area contributed by atoms with E-state index in [-0.39, 0.29) is 6.07 Å². The fourth-order valence-electron chi connectivity index (χ4n) is 1.61. The molecule has 2 rings (SSSR count). The third-order valence-electron chi connectivity index (χ3n) is 2.52. The zero-order chi connectivity index (χ0) is 16.8. The highest BCUT2D eigenvalue weighted by Gasteiger charge is 2.27. The molecule has 118 valence electrons. The molecule has 0 unspecified atom stereocenters. The quantitative estimate of drug-likeness (QED) is 0.509. The van der Waals surface area contributed by atoms with Crippen molar-refractivity contribution in [3.05, 3.63) is 46.2 Å². The summed E-state index contributed by atoms with van der Waals surface area (Å²) < 4.78 is 89.5. The molecule has 0 aliphatic rings.